The standard InChI is InChI=1S/C57H50N6O10/c1-69-29-30-72-56(68)62-44-25-20-35(13-12-27-61-45-19-11-10-18-43(45)58-59-61)31-42(44)57(55(62)67)48(53(65)60-28-26-39-32-46(70-2)47(71-3)33-40(39)34-60)50-54(66)73-51(37-16-8-5-9-17-37)49(36-14-6-4-7-15-36)63(50)52(57)38-21-23-41(64)24-22-38/h4-11,14-25,31-33,48-52,64H,26-30,34H2,1-3H3/t48-,49-,50-,51+,52+,57-/m0/s1. The van der Waals surface area contributed by atoms with Gasteiger partial charge in [0.1, 0.15) is 42.0 Å². The van der Waals surface area contributed by atoms with Gasteiger partial charge in [-0.2, -0.15) is 0 Å². The number of phenols is 1. The molecule has 4 aliphatic heterocycles. The van der Waals surface area contributed by atoms with E-state index in [0.717, 1.165) is 27.1 Å². The minimum absolute atomic E-state index is 0.0435. The number of amides is 3. The van der Waals surface area contributed by atoms with E-state index in [0.29, 0.717) is 40.1 Å². The van der Waals surface area contributed by atoms with Gasteiger partial charge in [-0.15, -0.1) is 5.10 Å². The molecule has 73 heavy (non-hydrogen) atoms. The number of morpholine rings is 1. The summed E-state index contributed by atoms with van der Waals surface area (Å²) in [6, 6.07) is 38.3. The molecule has 3 amide bonds. The molecule has 0 bridgehead atoms. The van der Waals surface area contributed by atoms with Crippen molar-refractivity contribution in [1.29, 1.82) is 0 Å². The first kappa shape index (κ1) is 46.8. The summed E-state index contributed by atoms with van der Waals surface area (Å²) < 4.78 is 30.7. The van der Waals surface area contributed by atoms with Crippen LogP contribution in [-0.4, -0.2) is 101 Å². The molecule has 16 nitrogen and oxygen atoms in total. The molecular weight excluding hydrogens is 929 g/mol. The molecule has 6 atom stereocenters. The Kier molecular flexibility index (Phi) is 12.3. The molecule has 2 fully saturated rings. The second-order valence-electron chi connectivity index (χ2n) is 18.4. The molecule has 11 rings (SSSR count). The average molecular weight is 979 g/mol. The van der Waals surface area contributed by atoms with Crippen molar-refractivity contribution >= 4 is 40.6 Å². The average Bonchev–Trinajstić information content (AvgIpc) is 4.06. The fraction of sp³-hybridized carbons (Fsp3) is 0.263. The molecule has 4 aliphatic rings. The van der Waals surface area contributed by atoms with Gasteiger partial charge in [0.2, 0.25) is 11.8 Å². The summed E-state index contributed by atoms with van der Waals surface area (Å²) in [5.74, 6) is 3.91. The number of nitrogens with zero attached hydrogens (tertiary/aromatic N) is 6. The third kappa shape index (κ3) is 7.88. The van der Waals surface area contributed by atoms with E-state index in [1.807, 2.05) is 102 Å². The van der Waals surface area contributed by atoms with Crippen LogP contribution < -0.4 is 14.4 Å². The van der Waals surface area contributed by atoms with Crippen molar-refractivity contribution < 1.29 is 48.0 Å². The Morgan fingerprint density at radius 1 is 0.781 bits per heavy atom. The normalized spacial score (nSPS) is 22.0. The zero-order chi connectivity index (χ0) is 50.4. The Morgan fingerprint density at radius 3 is 2.21 bits per heavy atom. The fourth-order valence-corrected chi connectivity index (χ4v) is 11.4. The molecule has 0 saturated carbocycles. The van der Waals surface area contributed by atoms with Crippen molar-refractivity contribution in [3.05, 3.63) is 178 Å². The minimum atomic E-state index is -2.07. The highest BCUT2D eigenvalue weighted by molar-refractivity contribution is 6.23. The zero-order valence-electron chi connectivity index (χ0n) is 40.2. The van der Waals surface area contributed by atoms with Crippen LogP contribution in [0.25, 0.3) is 11.0 Å². The van der Waals surface area contributed by atoms with E-state index in [1.165, 1.54) is 19.2 Å². The summed E-state index contributed by atoms with van der Waals surface area (Å²) in [7, 11) is 4.58. The number of carbonyl (C=O) groups is 4. The Balaban J connectivity index is 1.16. The number of rotatable bonds is 10. The van der Waals surface area contributed by atoms with E-state index in [2.05, 4.69) is 22.2 Å². The molecule has 2 saturated heterocycles. The van der Waals surface area contributed by atoms with Gasteiger partial charge in [-0.1, -0.05) is 102 Å². The number of anilines is 1. The number of cyclic esters (lactones) is 1. The number of methoxy groups -OCH3 is 3. The maximum absolute atomic E-state index is 16.6. The van der Waals surface area contributed by atoms with Gasteiger partial charge in [-0.25, -0.2) is 14.4 Å². The van der Waals surface area contributed by atoms with Crippen LogP contribution in [-0.2, 0) is 53.5 Å². The van der Waals surface area contributed by atoms with Crippen molar-refractivity contribution in [2.75, 3.05) is 46.0 Å². The van der Waals surface area contributed by atoms with Gasteiger partial charge in [0, 0.05) is 25.8 Å². The lowest BCUT2D eigenvalue weighted by molar-refractivity contribution is -0.179. The molecule has 6 aromatic carbocycles. The molecule has 1 N–H and O–H groups in total. The van der Waals surface area contributed by atoms with Gasteiger partial charge in [0.05, 0.1) is 50.0 Å². The third-order valence-corrected chi connectivity index (χ3v) is 14.5. The summed E-state index contributed by atoms with van der Waals surface area (Å²) in [6.07, 6.45) is -1.50. The van der Waals surface area contributed by atoms with E-state index >= 15 is 14.4 Å². The predicted octanol–water partition coefficient (Wildman–Crippen LogP) is 7.24. The Hall–Kier alpha value is -8.52. The van der Waals surface area contributed by atoms with E-state index in [1.54, 1.807) is 54.1 Å². The topological polar surface area (TPSA) is 175 Å². The second kappa shape index (κ2) is 19.2. The van der Waals surface area contributed by atoms with Gasteiger partial charge >= 0.3 is 12.1 Å². The number of phenolic OH excluding ortho intramolecular Hbond substituents is 1. The number of fused-ring (bicyclic) bond motifs is 5. The molecule has 1 spiro atoms. The number of aromatic nitrogens is 3. The van der Waals surface area contributed by atoms with Crippen LogP contribution in [0.4, 0.5) is 10.5 Å². The number of hydrogen-bond donors (Lipinski definition) is 1. The minimum Gasteiger partial charge on any atom is -0.508 e. The molecule has 0 radical (unpaired) electrons. The van der Waals surface area contributed by atoms with Crippen LogP contribution in [0, 0.1) is 17.8 Å². The summed E-state index contributed by atoms with van der Waals surface area (Å²) in [5, 5.41) is 19.4. The van der Waals surface area contributed by atoms with Crippen LogP contribution in [0.15, 0.2) is 140 Å². The first-order chi connectivity index (χ1) is 35.7. The number of aromatic hydroxyl groups is 1. The highest BCUT2D eigenvalue weighted by atomic mass is 16.6. The maximum Gasteiger partial charge on any atom is 0.421 e. The largest absolute Gasteiger partial charge is 0.508 e. The number of hydrogen-bond acceptors (Lipinski definition) is 13. The molecule has 16 heteroatoms. The number of benzene rings is 6. The van der Waals surface area contributed by atoms with Gasteiger partial charge < -0.3 is 33.7 Å². The van der Waals surface area contributed by atoms with Crippen LogP contribution in [0.5, 0.6) is 17.2 Å². The van der Waals surface area contributed by atoms with Gasteiger partial charge in [0.25, 0.3) is 0 Å². The SMILES string of the molecule is COCCOC(=O)N1C(=O)[C@@]2(c3cc(C#CCn4nnc5ccccc54)ccc31)[C@H](C(=O)N1CCc3cc(OC)c(OC)cc3C1)[C@H]1C(=O)O[C@H](c3ccccc3)[C@H](c3ccccc3)N1[C@@H]2c1ccc(O)cc1. The fourth-order valence-electron chi connectivity index (χ4n) is 11.4. The van der Waals surface area contributed by atoms with Crippen molar-refractivity contribution in [2.24, 2.45) is 5.92 Å². The van der Waals surface area contributed by atoms with Crippen molar-refractivity contribution in [3.8, 4) is 29.1 Å². The molecular formula is C57H50N6O10. The lowest BCUT2D eigenvalue weighted by Gasteiger charge is -2.46. The highest BCUT2D eigenvalue weighted by Crippen LogP contribution is 2.66. The molecule has 0 unspecified atom stereocenters. The molecule has 5 heterocycles. The number of carbonyl (C=O) groups excluding carboxylic acids is 4. The molecule has 368 valence electrons. The summed E-state index contributed by atoms with van der Waals surface area (Å²) in [6.45, 7) is 0.371. The van der Waals surface area contributed by atoms with Gasteiger partial charge in [-0.3, -0.25) is 19.3 Å². The van der Waals surface area contributed by atoms with Crippen LogP contribution >= 0.6 is 0 Å². The summed E-state index contributed by atoms with van der Waals surface area (Å²) >= 11 is 0. The van der Waals surface area contributed by atoms with Gasteiger partial charge in [0.15, 0.2) is 11.5 Å². The van der Waals surface area contributed by atoms with Crippen LogP contribution in [0.2, 0.25) is 0 Å². The Bertz CT molecular complexity index is 3340. The lowest BCUT2D eigenvalue weighted by Crippen LogP contribution is -2.57. The monoisotopic (exact) mass is 978 g/mol. The van der Waals surface area contributed by atoms with E-state index in [-0.39, 0.29) is 49.8 Å². The maximum atomic E-state index is 16.6. The first-order valence-corrected chi connectivity index (χ1v) is 24.0. The number of ether oxygens (including phenoxy) is 5. The number of imide groups is 1. The van der Waals surface area contributed by atoms with E-state index in [9.17, 15) is 9.90 Å². The Labute approximate surface area is 420 Å². The number of esters is 1. The summed E-state index contributed by atoms with van der Waals surface area (Å²) in [4.78, 5) is 68.0. The van der Waals surface area contributed by atoms with E-state index in [4.69, 9.17) is 23.7 Å². The molecule has 0 aliphatic carbocycles. The summed E-state index contributed by atoms with van der Waals surface area (Å²) in [5.41, 5.74) is 4.02. The van der Waals surface area contributed by atoms with Crippen molar-refractivity contribution in [1.82, 2.24) is 24.8 Å². The highest BCUT2D eigenvalue weighted by Gasteiger charge is 2.76. The first-order valence-electron chi connectivity index (χ1n) is 24.0. The third-order valence-electron chi connectivity index (χ3n) is 14.5. The van der Waals surface area contributed by atoms with Crippen molar-refractivity contribution in [3.63, 3.8) is 0 Å². The smallest absolute Gasteiger partial charge is 0.421 e. The van der Waals surface area contributed by atoms with Crippen LogP contribution in [0.3, 0.4) is 0 Å². The lowest BCUT2D eigenvalue weighted by atomic mass is 9.64. The van der Waals surface area contributed by atoms with E-state index < -0.39 is 59.4 Å². The Morgan fingerprint density at radius 2 is 1.48 bits per heavy atom. The molecule has 1 aromatic heterocycles. The van der Waals surface area contributed by atoms with Gasteiger partial charge in [-0.05, 0) is 94.4 Å². The number of para-hydroxylation sites is 1. The predicted molar refractivity (Wildman–Crippen MR) is 266 cm³/mol. The zero-order valence-corrected chi connectivity index (χ0v) is 40.2. The van der Waals surface area contributed by atoms with Crippen LogP contribution in [0.1, 0.15) is 57.1 Å². The quantitative estimate of drug-likeness (QED) is 0.0826. The van der Waals surface area contributed by atoms with Crippen molar-refractivity contribution in [2.45, 2.75) is 49.2 Å². The second-order valence-corrected chi connectivity index (χ2v) is 18.4. The molecule has 7 aromatic rings.